The van der Waals surface area contributed by atoms with Crippen molar-refractivity contribution in [3.05, 3.63) is 81.9 Å². The van der Waals surface area contributed by atoms with Crippen LogP contribution < -0.4 is 10.1 Å². The first-order valence-corrected chi connectivity index (χ1v) is 10.1. The highest BCUT2D eigenvalue weighted by atomic mass is 79.9. The topological polar surface area (TPSA) is 55.6 Å². The Bertz CT molecular complexity index is 1070. The molecule has 2 heterocycles. The van der Waals surface area contributed by atoms with E-state index in [1.807, 2.05) is 77.5 Å². The van der Waals surface area contributed by atoms with E-state index in [-0.39, 0.29) is 5.91 Å². The molecular weight excluding hydrogens is 438 g/mol. The number of carbonyl (C=O) groups is 1. The summed E-state index contributed by atoms with van der Waals surface area (Å²) >= 11 is 4.78. The second-order valence-electron chi connectivity index (χ2n) is 5.96. The SMILES string of the molecule is COc1ccc(N=C2NC(=O)C(=Cc3cccn3-c3ccc(Br)cc3)S2)cc1. The van der Waals surface area contributed by atoms with Crippen LogP contribution in [0.15, 0.2) is 81.2 Å². The molecule has 1 fully saturated rings. The molecule has 0 bridgehead atoms. The van der Waals surface area contributed by atoms with Gasteiger partial charge in [0.15, 0.2) is 5.17 Å². The molecule has 1 saturated heterocycles. The average molecular weight is 454 g/mol. The molecule has 1 aromatic heterocycles. The van der Waals surface area contributed by atoms with Crippen molar-refractivity contribution < 1.29 is 9.53 Å². The zero-order valence-corrected chi connectivity index (χ0v) is 17.3. The third kappa shape index (κ3) is 4.05. The highest BCUT2D eigenvalue weighted by Gasteiger charge is 2.24. The van der Waals surface area contributed by atoms with Crippen LogP contribution in [0.2, 0.25) is 0 Å². The highest BCUT2D eigenvalue weighted by molar-refractivity contribution is 9.10. The van der Waals surface area contributed by atoms with E-state index < -0.39 is 0 Å². The van der Waals surface area contributed by atoms with Crippen LogP contribution in [0, 0.1) is 0 Å². The molecule has 0 spiro atoms. The third-order valence-corrected chi connectivity index (χ3v) is 5.56. The molecule has 0 saturated carbocycles. The Kier molecular flexibility index (Phi) is 5.36. The van der Waals surface area contributed by atoms with E-state index in [4.69, 9.17) is 4.74 Å². The van der Waals surface area contributed by atoms with E-state index in [0.29, 0.717) is 10.1 Å². The van der Waals surface area contributed by atoms with Gasteiger partial charge in [-0.3, -0.25) is 4.79 Å². The van der Waals surface area contributed by atoms with Crippen LogP contribution in [0.3, 0.4) is 0 Å². The minimum Gasteiger partial charge on any atom is -0.497 e. The molecule has 1 aliphatic rings. The summed E-state index contributed by atoms with van der Waals surface area (Å²) in [4.78, 5) is 17.5. The number of ether oxygens (including phenoxy) is 1. The van der Waals surface area contributed by atoms with Crippen molar-refractivity contribution in [3.63, 3.8) is 0 Å². The molecule has 140 valence electrons. The summed E-state index contributed by atoms with van der Waals surface area (Å²) in [6, 6.07) is 19.3. The summed E-state index contributed by atoms with van der Waals surface area (Å²) in [5.74, 6) is 0.613. The van der Waals surface area contributed by atoms with Crippen molar-refractivity contribution in [1.29, 1.82) is 0 Å². The first kappa shape index (κ1) is 18.6. The van der Waals surface area contributed by atoms with Crippen LogP contribution in [0.1, 0.15) is 5.69 Å². The third-order valence-electron chi connectivity index (χ3n) is 4.12. The molecule has 0 atom stereocenters. The fraction of sp³-hybridized carbons (Fsp3) is 0.0476. The smallest absolute Gasteiger partial charge is 0.264 e. The molecule has 28 heavy (non-hydrogen) atoms. The average Bonchev–Trinajstić information content (AvgIpc) is 3.30. The van der Waals surface area contributed by atoms with E-state index in [1.165, 1.54) is 11.8 Å². The monoisotopic (exact) mass is 453 g/mol. The van der Waals surface area contributed by atoms with E-state index in [1.54, 1.807) is 7.11 Å². The van der Waals surface area contributed by atoms with Gasteiger partial charge in [0, 0.05) is 22.1 Å². The van der Waals surface area contributed by atoms with Crippen LogP contribution in [-0.4, -0.2) is 22.8 Å². The molecule has 7 heteroatoms. The number of hydrogen-bond donors (Lipinski definition) is 1. The molecular formula is C21H16BrN3O2S. The Hall–Kier alpha value is -2.77. The Morgan fingerprint density at radius 3 is 2.57 bits per heavy atom. The number of halogens is 1. The number of amides is 1. The normalized spacial score (nSPS) is 16.6. The van der Waals surface area contributed by atoms with E-state index in [9.17, 15) is 4.79 Å². The van der Waals surface area contributed by atoms with Crippen molar-refractivity contribution in [2.45, 2.75) is 0 Å². The minimum absolute atomic E-state index is 0.152. The lowest BCUT2D eigenvalue weighted by atomic mass is 10.3. The molecule has 0 radical (unpaired) electrons. The fourth-order valence-corrected chi connectivity index (χ4v) is 3.83. The summed E-state index contributed by atoms with van der Waals surface area (Å²) in [5.41, 5.74) is 2.70. The van der Waals surface area contributed by atoms with Gasteiger partial charge >= 0.3 is 0 Å². The van der Waals surface area contributed by atoms with Crippen molar-refractivity contribution >= 4 is 50.5 Å². The minimum atomic E-state index is -0.152. The maximum atomic E-state index is 12.4. The van der Waals surface area contributed by atoms with Crippen LogP contribution in [0.5, 0.6) is 5.75 Å². The van der Waals surface area contributed by atoms with Gasteiger partial charge in [-0.05, 0) is 78.5 Å². The summed E-state index contributed by atoms with van der Waals surface area (Å²) in [7, 11) is 1.62. The van der Waals surface area contributed by atoms with E-state index in [2.05, 4.69) is 26.2 Å². The number of carbonyl (C=O) groups excluding carboxylic acids is 1. The maximum Gasteiger partial charge on any atom is 0.264 e. The van der Waals surface area contributed by atoms with E-state index in [0.717, 1.165) is 27.3 Å². The van der Waals surface area contributed by atoms with Gasteiger partial charge in [-0.25, -0.2) is 4.99 Å². The maximum absolute atomic E-state index is 12.4. The van der Waals surface area contributed by atoms with Gasteiger partial charge < -0.3 is 14.6 Å². The number of nitrogens with zero attached hydrogens (tertiary/aromatic N) is 2. The number of methoxy groups -OCH3 is 1. The van der Waals surface area contributed by atoms with Gasteiger partial charge in [0.1, 0.15) is 5.75 Å². The summed E-state index contributed by atoms with van der Waals surface area (Å²) in [6.07, 6.45) is 3.85. The second-order valence-corrected chi connectivity index (χ2v) is 7.91. The second kappa shape index (κ2) is 8.08. The lowest BCUT2D eigenvalue weighted by Crippen LogP contribution is -2.19. The van der Waals surface area contributed by atoms with Crippen LogP contribution in [-0.2, 0) is 4.79 Å². The van der Waals surface area contributed by atoms with Gasteiger partial charge in [-0.1, -0.05) is 15.9 Å². The van der Waals surface area contributed by atoms with Crippen molar-refractivity contribution in [1.82, 2.24) is 9.88 Å². The number of amidine groups is 1. The van der Waals surface area contributed by atoms with Gasteiger partial charge in [0.25, 0.3) is 5.91 Å². The number of rotatable bonds is 4. The largest absolute Gasteiger partial charge is 0.497 e. The zero-order valence-electron chi connectivity index (χ0n) is 14.9. The highest BCUT2D eigenvalue weighted by Crippen LogP contribution is 2.29. The Morgan fingerprint density at radius 2 is 1.86 bits per heavy atom. The Labute approximate surface area is 175 Å². The summed E-state index contributed by atoms with van der Waals surface area (Å²) in [6.45, 7) is 0. The molecule has 0 aliphatic carbocycles. The predicted octanol–water partition coefficient (Wildman–Crippen LogP) is 5.14. The Morgan fingerprint density at radius 1 is 1.11 bits per heavy atom. The van der Waals surface area contributed by atoms with Gasteiger partial charge in [0.05, 0.1) is 17.7 Å². The molecule has 0 unspecified atom stereocenters. The first-order chi connectivity index (χ1) is 13.6. The number of thioether (sulfide) groups is 1. The van der Waals surface area contributed by atoms with Crippen molar-refractivity contribution in [3.8, 4) is 11.4 Å². The number of nitrogens with one attached hydrogen (secondary N) is 1. The van der Waals surface area contributed by atoms with Crippen molar-refractivity contribution in [2.24, 2.45) is 4.99 Å². The van der Waals surface area contributed by atoms with Gasteiger partial charge in [-0.15, -0.1) is 0 Å². The lowest BCUT2D eigenvalue weighted by molar-refractivity contribution is -0.115. The van der Waals surface area contributed by atoms with Crippen molar-refractivity contribution in [2.75, 3.05) is 7.11 Å². The molecule has 1 N–H and O–H groups in total. The Balaban J connectivity index is 1.58. The van der Waals surface area contributed by atoms with Crippen LogP contribution >= 0.6 is 27.7 Å². The quantitative estimate of drug-likeness (QED) is 0.556. The number of aliphatic imine (C=N–C) groups is 1. The fourth-order valence-electron chi connectivity index (χ4n) is 2.74. The lowest BCUT2D eigenvalue weighted by Gasteiger charge is -2.07. The molecule has 2 aromatic carbocycles. The van der Waals surface area contributed by atoms with Crippen LogP contribution in [0.4, 0.5) is 5.69 Å². The molecule has 5 nitrogen and oxygen atoms in total. The molecule has 1 aliphatic heterocycles. The summed E-state index contributed by atoms with van der Waals surface area (Å²) in [5, 5.41) is 3.38. The molecule has 1 amide bonds. The standard InChI is InChI=1S/C21H16BrN3O2S/c1-27-18-10-6-15(7-11-18)23-21-24-20(26)19(28-21)13-17-3-2-12-25(17)16-8-4-14(22)5-9-16/h2-13H,1H3,(H,23,24,26). The van der Waals surface area contributed by atoms with E-state index >= 15 is 0 Å². The number of hydrogen-bond acceptors (Lipinski definition) is 4. The zero-order chi connectivity index (χ0) is 19.5. The summed E-state index contributed by atoms with van der Waals surface area (Å²) < 4.78 is 8.20. The van der Waals surface area contributed by atoms with Crippen LogP contribution in [0.25, 0.3) is 11.8 Å². The molecule has 4 rings (SSSR count). The van der Waals surface area contributed by atoms with Gasteiger partial charge in [0.2, 0.25) is 0 Å². The molecule has 3 aromatic rings. The number of aromatic nitrogens is 1. The predicted molar refractivity (Wildman–Crippen MR) is 117 cm³/mol. The number of benzene rings is 2. The van der Waals surface area contributed by atoms with Gasteiger partial charge in [-0.2, -0.15) is 0 Å². The first-order valence-electron chi connectivity index (χ1n) is 8.49.